The molecule has 1 amide bonds. The van der Waals surface area contributed by atoms with Gasteiger partial charge in [0.25, 0.3) is 0 Å². The van der Waals surface area contributed by atoms with Gasteiger partial charge in [-0.1, -0.05) is 4.99 Å². The molecule has 0 aromatic heterocycles. The zero-order valence-electron chi connectivity index (χ0n) is 3.73. The summed E-state index contributed by atoms with van der Waals surface area (Å²) in [6.45, 7) is -0.213. The molecule has 0 radical (unpaired) electrons. The van der Waals surface area contributed by atoms with Crippen LogP contribution in [-0.2, 0) is 14.9 Å². The molecule has 0 aromatic rings. The van der Waals surface area contributed by atoms with Gasteiger partial charge < -0.3 is 5.11 Å². The highest BCUT2D eigenvalue weighted by Crippen LogP contribution is 2.01. The van der Waals surface area contributed by atoms with Gasteiger partial charge in [-0.05, 0) is 5.04 Å². The first kappa shape index (κ1) is 5.29. The monoisotopic (exact) mass is 121 g/mol. The lowest BCUT2D eigenvalue weighted by atomic mass is 11.0. The van der Waals surface area contributed by atoms with Crippen LogP contribution >= 0.6 is 0 Å². The van der Waals surface area contributed by atoms with Crippen molar-refractivity contribution in [2.45, 2.75) is 0 Å². The van der Waals surface area contributed by atoms with E-state index in [0.29, 0.717) is 5.06 Å². The van der Waals surface area contributed by atoms with Crippen LogP contribution in [0.5, 0.6) is 0 Å². The van der Waals surface area contributed by atoms with Gasteiger partial charge in [-0.2, -0.15) is 4.89 Å². The number of hydroxylamine groups is 2. The van der Waals surface area contributed by atoms with Crippen molar-refractivity contribution in [3.63, 3.8) is 0 Å². The number of hydrogen-bond donors (Lipinski definition) is 1. The fraction of sp³-hybridized carbons (Fsp3) is 0.500. The molecule has 0 aromatic carbocycles. The number of rotatable bonds is 0. The van der Waals surface area contributed by atoms with Crippen molar-refractivity contribution in [2.75, 3.05) is 6.73 Å². The largest absolute Gasteiger partial charge is 0.463 e. The number of nitrogens with zero attached hydrogens (tertiary/aromatic N) is 1. The first-order valence-electron chi connectivity index (χ1n) is 1.77. The predicted molar refractivity (Wildman–Crippen MR) is 18.0 cm³/mol. The average Bonchev–Trinajstić information content (AvgIpc) is 2.12. The van der Waals surface area contributed by atoms with Gasteiger partial charge >= 0.3 is 6.09 Å². The fourth-order valence-electron chi connectivity index (χ4n) is 0.236. The maximum Gasteiger partial charge on any atom is 0.436 e. The maximum absolute atomic E-state index is 9.84. The second-order valence-corrected chi connectivity index (χ2v) is 1.05. The molecular formula is C2H3NO5. The third-order valence-corrected chi connectivity index (χ3v) is 0.552. The van der Waals surface area contributed by atoms with E-state index in [1.165, 1.54) is 0 Å². The first-order valence-corrected chi connectivity index (χ1v) is 1.77. The molecule has 8 heavy (non-hydrogen) atoms. The third-order valence-electron chi connectivity index (χ3n) is 0.552. The molecule has 0 spiro atoms. The lowest BCUT2D eigenvalue weighted by Gasteiger charge is -1.98. The van der Waals surface area contributed by atoms with Crippen LogP contribution in [0.1, 0.15) is 0 Å². The van der Waals surface area contributed by atoms with Crippen LogP contribution in [0.3, 0.4) is 0 Å². The fourth-order valence-corrected chi connectivity index (χ4v) is 0.236. The summed E-state index contributed by atoms with van der Waals surface area (Å²) in [5, 5.41) is 12.3. The van der Waals surface area contributed by atoms with Crippen molar-refractivity contribution >= 4 is 6.09 Å². The van der Waals surface area contributed by atoms with E-state index in [9.17, 15) is 4.79 Å². The summed E-state index contributed by atoms with van der Waals surface area (Å²) in [6.07, 6.45) is -1.25. The Morgan fingerprint density at radius 3 is 2.75 bits per heavy atom. The summed E-state index contributed by atoms with van der Waals surface area (Å²) in [6, 6.07) is 0. The molecule has 6 heteroatoms. The highest BCUT2D eigenvalue weighted by molar-refractivity contribution is 5.63. The molecule has 0 atom stereocenters. The summed E-state index contributed by atoms with van der Waals surface area (Å²) in [7, 11) is 0. The minimum atomic E-state index is -1.25. The van der Waals surface area contributed by atoms with Crippen LogP contribution < -0.4 is 0 Å². The van der Waals surface area contributed by atoms with Crippen molar-refractivity contribution in [2.24, 2.45) is 0 Å². The van der Waals surface area contributed by atoms with E-state index in [2.05, 4.69) is 14.9 Å². The van der Waals surface area contributed by atoms with Crippen LogP contribution in [0.25, 0.3) is 0 Å². The lowest BCUT2D eigenvalue weighted by Crippen LogP contribution is -2.23. The Morgan fingerprint density at radius 1 is 1.75 bits per heavy atom. The van der Waals surface area contributed by atoms with Gasteiger partial charge in [0.05, 0.1) is 0 Å². The average molecular weight is 121 g/mol. The molecule has 1 N–H and O–H groups in total. The summed E-state index contributed by atoms with van der Waals surface area (Å²) in [4.78, 5) is 17.8. The number of carbonyl (C=O) groups is 1. The molecule has 46 valence electrons. The zero-order chi connectivity index (χ0) is 5.98. The van der Waals surface area contributed by atoms with Crippen LogP contribution in [0.2, 0.25) is 0 Å². The molecule has 1 saturated heterocycles. The number of amides is 1. The summed E-state index contributed by atoms with van der Waals surface area (Å²) < 4.78 is 0. The van der Waals surface area contributed by atoms with Gasteiger partial charge in [-0.25, -0.2) is 4.79 Å². The molecule has 0 aliphatic carbocycles. The number of carboxylic acid groups (broad SMARTS) is 1. The van der Waals surface area contributed by atoms with Gasteiger partial charge in [0.2, 0.25) is 0 Å². The Balaban J connectivity index is 2.35. The lowest BCUT2D eigenvalue weighted by molar-refractivity contribution is -0.486. The standard InChI is InChI=1S/C2H3NO5/c4-2(5)3-1-6-8-7-3/h1H2,(H,4,5). The van der Waals surface area contributed by atoms with E-state index in [1.807, 2.05) is 0 Å². The van der Waals surface area contributed by atoms with Gasteiger partial charge in [-0.15, -0.1) is 5.06 Å². The molecule has 1 rings (SSSR count). The van der Waals surface area contributed by atoms with Gasteiger partial charge in [0.15, 0.2) is 6.73 Å². The maximum atomic E-state index is 9.84. The quantitative estimate of drug-likeness (QED) is 0.447. The van der Waals surface area contributed by atoms with Crippen molar-refractivity contribution in [1.29, 1.82) is 0 Å². The van der Waals surface area contributed by atoms with E-state index in [-0.39, 0.29) is 6.73 Å². The number of hydrogen-bond acceptors (Lipinski definition) is 4. The minimum Gasteiger partial charge on any atom is -0.463 e. The molecule has 1 heterocycles. The minimum absolute atomic E-state index is 0.213. The van der Waals surface area contributed by atoms with Crippen LogP contribution in [-0.4, -0.2) is 23.0 Å². The van der Waals surface area contributed by atoms with Gasteiger partial charge in [0.1, 0.15) is 0 Å². The SMILES string of the molecule is O=C(O)N1COOO1. The smallest absolute Gasteiger partial charge is 0.436 e. The Hall–Kier alpha value is -0.850. The van der Waals surface area contributed by atoms with Crippen molar-refractivity contribution in [3.05, 3.63) is 0 Å². The Bertz CT molecular complexity index is 96.6. The summed E-state index contributed by atoms with van der Waals surface area (Å²) in [5.74, 6) is 0. The molecule has 0 saturated carbocycles. The van der Waals surface area contributed by atoms with Crippen LogP contribution in [0, 0.1) is 0 Å². The van der Waals surface area contributed by atoms with E-state index < -0.39 is 6.09 Å². The molecule has 6 nitrogen and oxygen atoms in total. The van der Waals surface area contributed by atoms with E-state index >= 15 is 0 Å². The molecule has 1 fully saturated rings. The summed E-state index contributed by atoms with van der Waals surface area (Å²) in [5.41, 5.74) is 0. The predicted octanol–water partition coefficient (Wildman–Crippen LogP) is -0.268. The van der Waals surface area contributed by atoms with E-state index in [0.717, 1.165) is 0 Å². The molecule has 1 aliphatic rings. The molecular weight excluding hydrogens is 118 g/mol. The Kier molecular flexibility index (Phi) is 1.29. The van der Waals surface area contributed by atoms with E-state index in [1.54, 1.807) is 0 Å². The normalized spacial score (nSPS) is 19.2. The Labute approximate surface area is 44.0 Å². The zero-order valence-corrected chi connectivity index (χ0v) is 3.73. The van der Waals surface area contributed by atoms with Crippen LogP contribution in [0.15, 0.2) is 0 Å². The van der Waals surface area contributed by atoms with Crippen molar-refractivity contribution in [1.82, 2.24) is 5.06 Å². The Morgan fingerprint density at radius 2 is 2.50 bits per heavy atom. The first-order chi connectivity index (χ1) is 3.80. The third kappa shape index (κ3) is 0.861. The molecule has 0 bridgehead atoms. The van der Waals surface area contributed by atoms with Crippen molar-refractivity contribution in [3.8, 4) is 0 Å². The van der Waals surface area contributed by atoms with Gasteiger partial charge in [-0.3, -0.25) is 0 Å². The van der Waals surface area contributed by atoms with Crippen molar-refractivity contribution < 1.29 is 24.8 Å². The summed E-state index contributed by atoms with van der Waals surface area (Å²) >= 11 is 0. The second kappa shape index (κ2) is 1.95. The van der Waals surface area contributed by atoms with Crippen LogP contribution in [0.4, 0.5) is 4.79 Å². The topological polar surface area (TPSA) is 68.2 Å². The second-order valence-electron chi connectivity index (χ2n) is 1.05. The van der Waals surface area contributed by atoms with Gasteiger partial charge in [0, 0.05) is 0 Å². The highest BCUT2D eigenvalue weighted by Gasteiger charge is 2.20. The van der Waals surface area contributed by atoms with E-state index in [4.69, 9.17) is 5.11 Å². The highest BCUT2D eigenvalue weighted by atomic mass is 17.6. The molecule has 1 aliphatic heterocycles. The molecule has 0 unspecified atom stereocenters.